The van der Waals surface area contributed by atoms with Crippen LogP contribution in [0.3, 0.4) is 0 Å². The molecule has 0 saturated heterocycles. The number of nitrogens with zero attached hydrogens (tertiary/aromatic N) is 9. The van der Waals surface area contributed by atoms with E-state index in [1.807, 2.05) is 92.7 Å². The van der Waals surface area contributed by atoms with Crippen molar-refractivity contribution in [2.24, 2.45) is 7.05 Å². The molecule has 0 amide bonds. The molecule has 6 aromatic heterocycles. The molecule has 10 aromatic rings. The molecule has 13 rings (SSSR count). The number of hydrogen-bond acceptors (Lipinski definition) is 21. The standard InChI is InChI=1S/C23H19N3O2S3.2C19H19N3O2S3/c1-14-7-8-17-19(11-14)31-20(24-17)12-16(27)13-30-23-25-18-9-10-29-21(18)22(28)26(23)15-5-3-2-4-6-15;1-10-4-5-13-15(6-10)27-16(20-13)8-12(23)9-25-19-21-14-7-11(2)26-17(14)18(24)22(19)3;1-3-22-18(24)17-14(8-11(2)26-17)21-19(22)25-10-12(23)9-16-20-13-6-4-5-7-15(13)27-16/h2-8,11H,9-10,12-13H2,1H3;4-6,11H,7-9H2,1-3H3;4-7,11H,3,8-10H2,1-2H3. The van der Waals surface area contributed by atoms with E-state index in [1.165, 1.54) is 46.4 Å². The van der Waals surface area contributed by atoms with Crippen LogP contribution in [0, 0.1) is 13.8 Å². The number of benzene rings is 4. The Hall–Kier alpha value is -5.70. The minimum Gasteiger partial charge on any atom is -0.298 e. The van der Waals surface area contributed by atoms with E-state index >= 15 is 0 Å². The first-order valence-electron chi connectivity index (χ1n) is 27.4. The van der Waals surface area contributed by atoms with E-state index in [4.69, 9.17) is 4.98 Å². The fraction of sp³-hybridized carbons (Fsp3) is 0.311. The first-order valence-corrected chi connectivity index (χ1v) is 35.6. The van der Waals surface area contributed by atoms with Crippen molar-refractivity contribution in [3.8, 4) is 5.69 Å². The van der Waals surface area contributed by atoms with Crippen LogP contribution < -0.4 is 16.7 Å². The number of carbonyl (C=O) groups is 3. The number of fused-ring (bicyclic) bond motifs is 6. The first kappa shape index (κ1) is 61.0. The average Bonchev–Trinajstić information content (AvgIpc) is 3.23. The van der Waals surface area contributed by atoms with E-state index in [2.05, 4.69) is 57.8 Å². The van der Waals surface area contributed by atoms with Gasteiger partial charge in [0.25, 0.3) is 16.7 Å². The van der Waals surface area contributed by atoms with Crippen LogP contribution >= 0.6 is 105 Å². The van der Waals surface area contributed by atoms with Gasteiger partial charge in [0.15, 0.2) is 15.5 Å². The van der Waals surface area contributed by atoms with E-state index in [1.54, 1.807) is 90.0 Å². The molecule has 0 aliphatic carbocycles. The molecule has 0 fully saturated rings. The Bertz CT molecular complexity index is 4370. The Morgan fingerprint density at radius 1 is 0.541 bits per heavy atom. The van der Waals surface area contributed by atoms with E-state index in [0.717, 1.165) is 108 Å². The third kappa shape index (κ3) is 14.3. The van der Waals surface area contributed by atoms with E-state index in [0.29, 0.717) is 57.5 Å². The molecule has 85 heavy (non-hydrogen) atoms. The Morgan fingerprint density at radius 3 is 1.59 bits per heavy atom. The maximum absolute atomic E-state index is 13.1. The minimum absolute atomic E-state index is 0.00848. The topological polar surface area (TPSA) is 195 Å². The number of thiazole rings is 3. The first-order chi connectivity index (χ1) is 41.0. The molecule has 2 unspecified atom stereocenters. The second kappa shape index (κ2) is 27.1. The molecule has 0 spiro atoms. The lowest BCUT2D eigenvalue weighted by atomic mass is 10.2. The van der Waals surface area contributed by atoms with Gasteiger partial charge in [0, 0.05) is 49.1 Å². The highest BCUT2D eigenvalue weighted by atomic mass is 32.2. The minimum atomic E-state index is -0.0461. The van der Waals surface area contributed by atoms with Crippen LogP contribution in [0.25, 0.3) is 36.3 Å². The van der Waals surface area contributed by atoms with Crippen LogP contribution in [0.1, 0.15) is 64.0 Å². The van der Waals surface area contributed by atoms with Crippen molar-refractivity contribution in [3.05, 3.63) is 165 Å². The maximum Gasteiger partial charge on any atom is 0.272 e. The number of para-hydroxylation sites is 2. The largest absolute Gasteiger partial charge is 0.298 e. The third-order valence-electron chi connectivity index (χ3n) is 13.7. The van der Waals surface area contributed by atoms with Crippen LogP contribution in [0.15, 0.2) is 136 Å². The predicted molar refractivity (Wildman–Crippen MR) is 353 cm³/mol. The fourth-order valence-corrected chi connectivity index (χ4v) is 18.8. The molecule has 3 aliphatic rings. The summed E-state index contributed by atoms with van der Waals surface area (Å²) in [7, 11) is 1.72. The monoisotopic (exact) mass is 1300 g/mol. The van der Waals surface area contributed by atoms with Gasteiger partial charge in [-0.25, -0.2) is 29.9 Å². The average molecular weight is 1300 g/mol. The number of rotatable bonds is 17. The Balaban J connectivity index is 0.000000133. The highest BCUT2D eigenvalue weighted by Crippen LogP contribution is 2.36. The second-order valence-electron chi connectivity index (χ2n) is 20.5. The molecule has 0 N–H and O–H groups in total. The molecule has 4 aromatic carbocycles. The smallest absolute Gasteiger partial charge is 0.272 e. The normalized spacial score (nSPS) is 14.9. The Morgan fingerprint density at radius 2 is 1.02 bits per heavy atom. The molecule has 24 heteroatoms. The zero-order valence-corrected chi connectivity index (χ0v) is 54.6. The maximum atomic E-state index is 13.1. The molecule has 0 bridgehead atoms. The predicted octanol–water partition coefficient (Wildman–Crippen LogP) is 12.2. The SMILES string of the molecule is CCn1c(SCC(=O)Cc2nc3ccccc3s2)nc2c(c1=O)SC(C)C2.Cc1ccc2nc(CC(=O)CSc3nc4c(c(=O)n3-c3ccccc3)SCC4)sc2c1.Cc1ccc2nc(CC(=O)CSc3nc4c(c(=O)n3C)SC(C)C4)sc2c1. The van der Waals surface area contributed by atoms with Crippen LogP contribution in [0.4, 0.5) is 0 Å². The lowest BCUT2D eigenvalue weighted by molar-refractivity contribution is -0.116. The summed E-state index contributed by atoms with van der Waals surface area (Å²) in [4.78, 5) is 106. The highest BCUT2D eigenvalue weighted by Gasteiger charge is 2.28. The van der Waals surface area contributed by atoms with Crippen molar-refractivity contribution >= 4 is 153 Å². The zero-order valence-electron chi connectivity index (χ0n) is 47.2. The van der Waals surface area contributed by atoms with Crippen LogP contribution in [0.5, 0.6) is 0 Å². The summed E-state index contributed by atoms with van der Waals surface area (Å²) >= 11 is 13.5. The van der Waals surface area contributed by atoms with Crippen LogP contribution in [-0.4, -0.2) is 94.5 Å². The molecule has 3 aliphatic heterocycles. The molecule has 0 saturated carbocycles. The van der Waals surface area contributed by atoms with Crippen molar-refractivity contribution in [3.63, 3.8) is 0 Å². The van der Waals surface area contributed by atoms with E-state index in [-0.39, 0.29) is 45.5 Å². The van der Waals surface area contributed by atoms with Gasteiger partial charge in [-0.3, -0.25) is 42.5 Å². The van der Waals surface area contributed by atoms with Crippen molar-refractivity contribution in [2.75, 3.05) is 23.0 Å². The number of carbonyl (C=O) groups excluding carboxylic acids is 3. The number of aromatic nitrogens is 9. The summed E-state index contributed by atoms with van der Waals surface area (Å²) in [6.07, 6.45) is 3.34. The van der Waals surface area contributed by atoms with Gasteiger partial charge >= 0.3 is 0 Å². The molecular weight excluding hydrogens is 1240 g/mol. The van der Waals surface area contributed by atoms with Crippen molar-refractivity contribution in [2.45, 2.75) is 120 Å². The fourth-order valence-electron chi connectivity index (χ4n) is 9.62. The van der Waals surface area contributed by atoms with Crippen molar-refractivity contribution in [1.82, 2.24) is 43.6 Å². The summed E-state index contributed by atoms with van der Waals surface area (Å²) in [6.45, 7) is 10.8. The van der Waals surface area contributed by atoms with Gasteiger partial charge in [-0.1, -0.05) is 91.6 Å². The lowest BCUT2D eigenvalue weighted by Gasteiger charge is -2.13. The van der Waals surface area contributed by atoms with Crippen molar-refractivity contribution < 1.29 is 14.4 Å². The van der Waals surface area contributed by atoms with Gasteiger partial charge in [-0.2, -0.15) is 0 Å². The summed E-state index contributed by atoms with van der Waals surface area (Å²) in [5.74, 6) is 1.97. The van der Waals surface area contributed by atoms with Crippen molar-refractivity contribution in [1.29, 1.82) is 0 Å². The number of ketones is 3. The van der Waals surface area contributed by atoms with Gasteiger partial charge in [0.2, 0.25) is 0 Å². The number of thioether (sulfide) groups is 6. The van der Waals surface area contributed by atoms with Gasteiger partial charge < -0.3 is 0 Å². The van der Waals surface area contributed by atoms with Gasteiger partial charge in [-0.15, -0.1) is 69.3 Å². The van der Waals surface area contributed by atoms with Gasteiger partial charge in [0.1, 0.15) is 32.4 Å². The zero-order chi connectivity index (χ0) is 59.5. The number of Topliss-reactive ketones (excluding diaryl/α,β-unsaturated/α-hetero) is 3. The third-order valence-corrected chi connectivity index (χ3v) is 23.4. The quantitative estimate of drug-likeness (QED) is 0.0616. The van der Waals surface area contributed by atoms with E-state index in [9.17, 15) is 28.8 Å². The second-order valence-corrected chi connectivity index (χ2v) is 30.7. The van der Waals surface area contributed by atoms with E-state index < -0.39 is 0 Å². The Labute approximate surface area is 527 Å². The molecule has 436 valence electrons. The summed E-state index contributed by atoms with van der Waals surface area (Å²) in [5.41, 5.74) is 8.52. The molecule has 9 heterocycles. The molecule has 0 radical (unpaired) electrons. The van der Waals surface area contributed by atoms with Gasteiger partial charge in [-0.05, 0) is 80.4 Å². The van der Waals surface area contributed by atoms with Crippen LogP contribution in [0.2, 0.25) is 0 Å². The summed E-state index contributed by atoms with van der Waals surface area (Å²) < 4.78 is 8.18. The highest BCUT2D eigenvalue weighted by molar-refractivity contribution is 8.01. The Kier molecular flexibility index (Phi) is 19.5. The lowest BCUT2D eigenvalue weighted by Crippen LogP contribution is -2.25. The molecular formula is C61H57N9O6S9. The summed E-state index contributed by atoms with van der Waals surface area (Å²) in [5, 5.41) is 5.09. The molecule has 2 atom stereocenters. The van der Waals surface area contributed by atoms with Gasteiger partial charge in [0.05, 0.1) is 105 Å². The number of aryl methyl sites for hydroxylation is 3. The molecule has 15 nitrogen and oxygen atoms in total. The van der Waals surface area contributed by atoms with Crippen LogP contribution in [-0.2, 0) is 66.5 Å². The number of hydrogen-bond donors (Lipinski definition) is 0. The summed E-state index contributed by atoms with van der Waals surface area (Å²) in [6, 6.07) is 29.7.